The lowest BCUT2D eigenvalue weighted by Gasteiger charge is -2.19. The van der Waals surface area contributed by atoms with E-state index in [1.165, 1.54) is 6.07 Å². The summed E-state index contributed by atoms with van der Waals surface area (Å²) in [6.07, 6.45) is 0.894. The molecule has 1 N–H and O–H groups in total. The molecule has 0 fully saturated rings. The number of benzene rings is 1. The molecular weight excluding hydrogens is 270 g/mol. The number of nitrogens with one attached hydrogen (secondary N) is 1. The van der Waals surface area contributed by atoms with Gasteiger partial charge in [0, 0.05) is 42.1 Å². The van der Waals surface area contributed by atoms with Crippen molar-refractivity contribution < 1.29 is 9.66 Å². The Morgan fingerprint density at radius 1 is 1.43 bits per heavy atom. The molecule has 0 amide bonds. The molecule has 0 saturated carbocycles. The predicted octanol–water partition coefficient (Wildman–Crippen LogP) is 3.29. The third kappa shape index (κ3) is 3.46. The number of nitrogens with zero attached hydrogens (tertiary/aromatic N) is 2. The zero-order chi connectivity index (χ0) is 15.4. The smallest absolute Gasteiger partial charge is 0.270 e. The second kappa shape index (κ2) is 6.49. The van der Waals surface area contributed by atoms with Crippen LogP contribution in [0.15, 0.2) is 24.3 Å². The van der Waals surface area contributed by atoms with Crippen LogP contribution in [0.5, 0.6) is 0 Å². The summed E-state index contributed by atoms with van der Waals surface area (Å²) in [6, 6.07) is 6.78. The Bertz CT molecular complexity index is 658. The molecule has 1 atom stereocenters. The van der Waals surface area contributed by atoms with E-state index < -0.39 is 4.92 Å². The fourth-order valence-electron chi connectivity index (χ4n) is 2.26. The molecule has 0 radical (unpaired) electrons. The van der Waals surface area contributed by atoms with Crippen molar-refractivity contribution in [2.24, 2.45) is 0 Å². The quantitative estimate of drug-likeness (QED) is 0.652. The lowest BCUT2D eigenvalue weighted by molar-refractivity contribution is -0.384. The molecule has 1 aromatic carbocycles. The fraction of sp³-hybridized carbons (Fsp3) is 0.400. The van der Waals surface area contributed by atoms with Crippen LogP contribution in [0.1, 0.15) is 19.0 Å². The van der Waals surface area contributed by atoms with Gasteiger partial charge in [-0.25, -0.2) is 0 Å². The minimum absolute atomic E-state index is 0.0657. The highest BCUT2D eigenvalue weighted by Crippen LogP contribution is 2.28. The van der Waals surface area contributed by atoms with Gasteiger partial charge in [0.25, 0.3) is 5.69 Å². The topological polar surface area (TPSA) is 77.3 Å². The lowest BCUT2D eigenvalue weighted by Crippen LogP contribution is -2.24. The average Bonchev–Trinajstić information content (AvgIpc) is 2.46. The largest absolute Gasteiger partial charge is 0.383 e. The summed E-state index contributed by atoms with van der Waals surface area (Å²) in [5, 5.41) is 15.1. The number of ether oxygens (including phenoxy) is 1. The van der Waals surface area contributed by atoms with Gasteiger partial charge in [0.2, 0.25) is 0 Å². The molecule has 21 heavy (non-hydrogen) atoms. The van der Waals surface area contributed by atoms with Gasteiger partial charge in [-0.1, -0.05) is 6.92 Å². The predicted molar refractivity (Wildman–Crippen MR) is 82.7 cm³/mol. The molecule has 0 spiro atoms. The van der Waals surface area contributed by atoms with Crippen LogP contribution in [0.2, 0.25) is 0 Å². The van der Waals surface area contributed by atoms with E-state index in [0.29, 0.717) is 6.61 Å². The molecular formula is C15H19N3O3. The molecule has 0 saturated heterocycles. The van der Waals surface area contributed by atoms with Gasteiger partial charge in [-0.05, 0) is 25.5 Å². The minimum Gasteiger partial charge on any atom is -0.383 e. The van der Waals surface area contributed by atoms with Gasteiger partial charge < -0.3 is 10.1 Å². The number of nitro benzene ring substituents is 1. The molecule has 6 nitrogen and oxygen atoms in total. The maximum Gasteiger partial charge on any atom is 0.270 e. The number of aryl methyl sites for hydroxylation is 1. The Hall–Kier alpha value is -2.21. The maximum atomic E-state index is 10.9. The normalized spacial score (nSPS) is 12.3. The summed E-state index contributed by atoms with van der Waals surface area (Å²) in [7, 11) is 1.66. The van der Waals surface area contributed by atoms with E-state index in [0.717, 1.165) is 28.7 Å². The van der Waals surface area contributed by atoms with Crippen molar-refractivity contribution >= 4 is 22.3 Å². The summed E-state index contributed by atoms with van der Waals surface area (Å²) in [5.74, 6) is 0. The van der Waals surface area contributed by atoms with E-state index in [1.807, 2.05) is 13.0 Å². The van der Waals surface area contributed by atoms with Crippen LogP contribution in [-0.4, -0.2) is 29.7 Å². The number of pyridine rings is 1. The highest BCUT2D eigenvalue weighted by Gasteiger charge is 2.13. The second-order valence-electron chi connectivity index (χ2n) is 4.97. The van der Waals surface area contributed by atoms with Gasteiger partial charge in [0.1, 0.15) is 0 Å². The Labute approximate surface area is 123 Å². The number of hydrogen-bond donors (Lipinski definition) is 1. The first-order valence-corrected chi connectivity index (χ1v) is 6.86. The Kier molecular flexibility index (Phi) is 4.70. The van der Waals surface area contributed by atoms with Crippen LogP contribution < -0.4 is 5.32 Å². The SMILES string of the molecule is CCC(COC)Nc1cc(C)nc2ccc([N+](=O)[O-])cc12. The van der Waals surface area contributed by atoms with Crippen molar-refractivity contribution in [3.63, 3.8) is 0 Å². The summed E-state index contributed by atoms with van der Waals surface area (Å²) in [4.78, 5) is 15.0. The third-order valence-corrected chi connectivity index (χ3v) is 3.35. The van der Waals surface area contributed by atoms with Crippen molar-refractivity contribution in [1.29, 1.82) is 0 Å². The molecule has 0 aliphatic carbocycles. The number of hydrogen-bond acceptors (Lipinski definition) is 5. The second-order valence-corrected chi connectivity index (χ2v) is 4.97. The van der Waals surface area contributed by atoms with Crippen LogP contribution in [0.4, 0.5) is 11.4 Å². The van der Waals surface area contributed by atoms with Gasteiger partial charge in [0.15, 0.2) is 0 Å². The maximum absolute atomic E-state index is 10.9. The summed E-state index contributed by atoms with van der Waals surface area (Å²) in [6.45, 7) is 4.55. The number of non-ortho nitro benzene ring substituents is 1. The first-order chi connectivity index (χ1) is 10.0. The summed E-state index contributed by atoms with van der Waals surface area (Å²) < 4.78 is 5.18. The van der Waals surface area contributed by atoms with Gasteiger partial charge >= 0.3 is 0 Å². The van der Waals surface area contributed by atoms with Crippen LogP contribution in [-0.2, 0) is 4.74 Å². The van der Waals surface area contributed by atoms with Crippen LogP contribution in [0, 0.1) is 17.0 Å². The Morgan fingerprint density at radius 3 is 2.81 bits per heavy atom. The zero-order valence-corrected chi connectivity index (χ0v) is 12.4. The molecule has 0 bridgehead atoms. The molecule has 2 aromatic rings. The molecule has 2 rings (SSSR count). The Balaban J connectivity index is 2.49. The molecule has 1 unspecified atom stereocenters. The van der Waals surface area contributed by atoms with Crippen molar-refractivity contribution in [2.45, 2.75) is 26.3 Å². The van der Waals surface area contributed by atoms with Crippen molar-refractivity contribution in [1.82, 2.24) is 4.98 Å². The van der Waals surface area contributed by atoms with Crippen LogP contribution in [0.25, 0.3) is 10.9 Å². The van der Waals surface area contributed by atoms with Gasteiger partial charge in [-0.2, -0.15) is 0 Å². The average molecular weight is 289 g/mol. The third-order valence-electron chi connectivity index (χ3n) is 3.35. The molecule has 6 heteroatoms. The number of methoxy groups -OCH3 is 1. The van der Waals surface area contributed by atoms with Crippen LogP contribution >= 0.6 is 0 Å². The van der Waals surface area contributed by atoms with E-state index in [4.69, 9.17) is 4.74 Å². The number of nitro groups is 1. The van der Waals surface area contributed by atoms with Crippen molar-refractivity contribution in [2.75, 3.05) is 19.0 Å². The summed E-state index contributed by atoms with van der Waals surface area (Å²) >= 11 is 0. The molecule has 1 heterocycles. The fourth-order valence-corrected chi connectivity index (χ4v) is 2.26. The van der Waals surface area contributed by atoms with Crippen molar-refractivity contribution in [3.05, 3.63) is 40.1 Å². The van der Waals surface area contributed by atoms with E-state index in [9.17, 15) is 10.1 Å². The molecule has 0 aliphatic heterocycles. The summed E-state index contributed by atoms with van der Waals surface area (Å²) in [5.41, 5.74) is 2.53. The first kappa shape index (κ1) is 15.2. The lowest BCUT2D eigenvalue weighted by atomic mass is 10.1. The first-order valence-electron chi connectivity index (χ1n) is 6.86. The van der Waals surface area contributed by atoms with Gasteiger partial charge in [-0.3, -0.25) is 15.1 Å². The molecule has 112 valence electrons. The van der Waals surface area contributed by atoms with Crippen LogP contribution in [0.3, 0.4) is 0 Å². The van der Waals surface area contributed by atoms with E-state index >= 15 is 0 Å². The van der Waals surface area contributed by atoms with E-state index in [2.05, 4.69) is 17.2 Å². The number of fused-ring (bicyclic) bond motifs is 1. The standard InChI is InChI=1S/C15H19N3O3/c1-4-11(9-21-3)17-15-7-10(2)16-14-6-5-12(18(19)20)8-13(14)15/h5-8,11H,4,9H2,1-3H3,(H,16,17). The zero-order valence-electron chi connectivity index (χ0n) is 12.4. The van der Waals surface area contributed by atoms with Crippen molar-refractivity contribution in [3.8, 4) is 0 Å². The van der Waals surface area contributed by atoms with Gasteiger partial charge in [-0.15, -0.1) is 0 Å². The number of aromatic nitrogens is 1. The highest BCUT2D eigenvalue weighted by atomic mass is 16.6. The number of rotatable bonds is 6. The number of anilines is 1. The van der Waals surface area contributed by atoms with E-state index in [-0.39, 0.29) is 11.7 Å². The highest BCUT2D eigenvalue weighted by molar-refractivity contribution is 5.93. The molecule has 0 aliphatic rings. The minimum atomic E-state index is -0.393. The molecule has 1 aromatic heterocycles. The Morgan fingerprint density at radius 2 is 2.19 bits per heavy atom. The van der Waals surface area contributed by atoms with Gasteiger partial charge in [0.05, 0.1) is 17.0 Å². The monoisotopic (exact) mass is 289 g/mol. The van der Waals surface area contributed by atoms with E-state index in [1.54, 1.807) is 19.2 Å².